The summed E-state index contributed by atoms with van der Waals surface area (Å²) in [6, 6.07) is 10.4. The van der Waals surface area contributed by atoms with Crippen molar-refractivity contribution >= 4 is 17.4 Å². The Labute approximate surface area is 161 Å². The summed E-state index contributed by atoms with van der Waals surface area (Å²) in [5.41, 5.74) is 2.67. The fourth-order valence-electron chi connectivity index (χ4n) is 3.25. The molecule has 1 aromatic carbocycles. The van der Waals surface area contributed by atoms with Crippen LogP contribution in [0.3, 0.4) is 0 Å². The summed E-state index contributed by atoms with van der Waals surface area (Å²) in [5.74, 6) is 1.28. The van der Waals surface area contributed by atoms with Gasteiger partial charge in [-0.15, -0.1) is 0 Å². The van der Waals surface area contributed by atoms with E-state index in [1.165, 1.54) is 11.3 Å². The van der Waals surface area contributed by atoms with E-state index in [0.29, 0.717) is 11.5 Å². The van der Waals surface area contributed by atoms with E-state index in [4.69, 9.17) is 0 Å². The summed E-state index contributed by atoms with van der Waals surface area (Å²) in [6.07, 6.45) is 0. The second-order valence-electron chi connectivity index (χ2n) is 8.18. The van der Waals surface area contributed by atoms with Crippen LogP contribution < -0.4 is 15.1 Å². The molecule has 0 saturated carbocycles. The van der Waals surface area contributed by atoms with Gasteiger partial charge in [0.05, 0.1) is 0 Å². The topological polar surface area (TPSA) is 61.4 Å². The first-order valence-corrected chi connectivity index (χ1v) is 9.46. The smallest absolute Gasteiger partial charge is 0.270 e. The maximum Gasteiger partial charge on any atom is 0.270 e. The van der Waals surface area contributed by atoms with Crippen LogP contribution in [0.15, 0.2) is 30.3 Å². The quantitative estimate of drug-likeness (QED) is 0.904. The molecule has 0 atom stereocenters. The van der Waals surface area contributed by atoms with Crippen LogP contribution in [0, 0.1) is 13.8 Å². The second-order valence-corrected chi connectivity index (χ2v) is 8.18. The predicted octanol–water partition coefficient (Wildman–Crippen LogP) is 2.95. The standard InChI is InChI=1S/C21H29N5O/c1-15-7-6-8-17(13-15)25-9-11-26(12-10-25)19-14-18(22-16(2)23-19)20(27)24-21(3,4)5/h6-8,13-14H,9-12H2,1-5H3,(H,24,27). The molecule has 1 amide bonds. The molecule has 1 aromatic heterocycles. The summed E-state index contributed by atoms with van der Waals surface area (Å²) in [6.45, 7) is 13.4. The monoisotopic (exact) mass is 367 g/mol. The second kappa shape index (κ2) is 7.55. The highest BCUT2D eigenvalue weighted by molar-refractivity contribution is 5.93. The Morgan fingerprint density at radius 1 is 1.00 bits per heavy atom. The van der Waals surface area contributed by atoms with Gasteiger partial charge in [-0.25, -0.2) is 9.97 Å². The molecule has 1 aliphatic heterocycles. The summed E-state index contributed by atoms with van der Waals surface area (Å²) >= 11 is 0. The van der Waals surface area contributed by atoms with Gasteiger partial charge in [-0.05, 0) is 52.3 Å². The van der Waals surface area contributed by atoms with Gasteiger partial charge in [0, 0.05) is 43.5 Å². The lowest BCUT2D eigenvalue weighted by molar-refractivity contribution is 0.0914. The van der Waals surface area contributed by atoms with Crippen molar-refractivity contribution in [2.45, 2.75) is 40.2 Å². The van der Waals surface area contributed by atoms with Gasteiger partial charge in [0.2, 0.25) is 0 Å². The summed E-state index contributed by atoms with van der Waals surface area (Å²) in [7, 11) is 0. The summed E-state index contributed by atoms with van der Waals surface area (Å²) < 4.78 is 0. The van der Waals surface area contributed by atoms with Crippen LogP contribution in [-0.4, -0.2) is 47.6 Å². The number of benzene rings is 1. The van der Waals surface area contributed by atoms with Crippen molar-refractivity contribution in [1.29, 1.82) is 0 Å². The van der Waals surface area contributed by atoms with Crippen LogP contribution in [0.4, 0.5) is 11.5 Å². The van der Waals surface area contributed by atoms with E-state index in [1.807, 2.05) is 27.7 Å². The number of carbonyl (C=O) groups excluding carboxylic acids is 1. The number of aromatic nitrogens is 2. The Balaban J connectivity index is 1.71. The molecule has 0 unspecified atom stereocenters. The molecular formula is C21H29N5O. The number of hydrogen-bond donors (Lipinski definition) is 1. The number of nitrogens with one attached hydrogen (secondary N) is 1. The first-order chi connectivity index (χ1) is 12.7. The molecule has 0 bridgehead atoms. The van der Waals surface area contributed by atoms with Gasteiger partial charge < -0.3 is 15.1 Å². The normalized spacial score (nSPS) is 15.0. The average Bonchev–Trinajstić information content (AvgIpc) is 2.60. The molecule has 27 heavy (non-hydrogen) atoms. The molecule has 1 fully saturated rings. The molecule has 1 aliphatic rings. The molecule has 1 N–H and O–H groups in total. The van der Waals surface area contributed by atoms with Gasteiger partial charge in [-0.1, -0.05) is 12.1 Å². The van der Waals surface area contributed by atoms with Gasteiger partial charge in [0.25, 0.3) is 5.91 Å². The zero-order chi connectivity index (χ0) is 19.6. The van der Waals surface area contributed by atoms with Crippen molar-refractivity contribution in [1.82, 2.24) is 15.3 Å². The predicted molar refractivity (Wildman–Crippen MR) is 110 cm³/mol. The maximum atomic E-state index is 12.5. The van der Waals surface area contributed by atoms with Crippen molar-refractivity contribution < 1.29 is 4.79 Å². The minimum Gasteiger partial charge on any atom is -0.368 e. The van der Waals surface area contributed by atoms with Gasteiger partial charge in [0.15, 0.2) is 0 Å². The lowest BCUT2D eigenvalue weighted by Gasteiger charge is -2.37. The SMILES string of the molecule is Cc1cccc(N2CCN(c3cc(C(=O)NC(C)(C)C)nc(C)n3)CC2)c1. The molecular weight excluding hydrogens is 338 g/mol. The molecule has 6 nitrogen and oxygen atoms in total. The Kier molecular flexibility index (Phi) is 5.35. The largest absolute Gasteiger partial charge is 0.368 e. The Morgan fingerprint density at radius 3 is 2.30 bits per heavy atom. The van der Waals surface area contributed by atoms with E-state index < -0.39 is 0 Å². The first kappa shape index (κ1) is 19.1. The highest BCUT2D eigenvalue weighted by atomic mass is 16.2. The van der Waals surface area contributed by atoms with E-state index in [9.17, 15) is 4.79 Å². The van der Waals surface area contributed by atoms with Crippen LogP contribution in [0.2, 0.25) is 0 Å². The van der Waals surface area contributed by atoms with Crippen molar-refractivity contribution in [2.24, 2.45) is 0 Å². The van der Waals surface area contributed by atoms with Crippen LogP contribution in [-0.2, 0) is 0 Å². The van der Waals surface area contributed by atoms with Crippen LogP contribution >= 0.6 is 0 Å². The average molecular weight is 367 g/mol. The highest BCUT2D eigenvalue weighted by Crippen LogP contribution is 2.21. The molecule has 3 rings (SSSR count). The molecule has 0 spiro atoms. The van der Waals surface area contributed by atoms with Crippen molar-refractivity contribution in [3.63, 3.8) is 0 Å². The van der Waals surface area contributed by atoms with Gasteiger partial charge >= 0.3 is 0 Å². The number of amides is 1. The number of nitrogens with zero attached hydrogens (tertiary/aromatic N) is 4. The van der Waals surface area contributed by atoms with E-state index in [-0.39, 0.29) is 11.4 Å². The fourth-order valence-corrected chi connectivity index (χ4v) is 3.25. The van der Waals surface area contributed by atoms with Crippen LogP contribution in [0.25, 0.3) is 0 Å². The van der Waals surface area contributed by atoms with E-state index >= 15 is 0 Å². The highest BCUT2D eigenvalue weighted by Gasteiger charge is 2.22. The lowest BCUT2D eigenvalue weighted by Crippen LogP contribution is -2.47. The fraction of sp³-hybridized carbons (Fsp3) is 0.476. The number of anilines is 2. The Bertz CT molecular complexity index is 820. The molecule has 1 saturated heterocycles. The van der Waals surface area contributed by atoms with Crippen molar-refractivity contribution in [3.05, 3.63) is 47.4 Å². The Hall–Kier alpha value is -2.63. The van der Waals surface area contributed by atoms with Gasteiger partial charge in [0.1, 0.15) is 17.3 Å². The summed E-state index contributed by atoms with van der Waals surface area (Å²) in [4.78, 5) is 26.0. The van der Waals surface area contributed by atoms with E-state index in [1.54, 1.807) is 6.07 Å². The molecule has 0 radical (unpaired) electrons. The van der Waals surface area contributed by atoms with Gasteiger partial charge in [-0.3, -0.25) is 4.79 Å². The molecule has 0 aliphatic carbocycles. The summed E-state index contributed by atoms with van der Waals surface area (Å²) in [5, 5.41) is 2.97. The Morgan fingerprint density at radius 2 is 1.67 bits per heavy atom. The third-order valence-electron chi connectivity index (χ3n) is 4.52. The molecule has 144 valence electrons. The first-order valence-electron chi connectivity index (χ1n) is 9.46. The zero-order valence-corrected chi connectivity index (χ0v) is 16.9. The number of hydrogen-bond acceptors (Lipinski definition) is 5. The minimum absolute atomic E-state index is 0.160. The third-order valence-corrected chi connectivity index (χ3v) is 4.52. The van der Waals surface area contributed by atoms with Crippen molar-refractivity contribution in [2.75, 3.05) is 36.0 Å². The number of piperazine rings is 1. The number of rotatable bonds is 3. The van der Waals surface area contributed by atoms with Gasteiger partial charge in [-0.2, -0.15) is 0 Å². The molecule has 6 heteroatoms. The molecule has 2 heterocycles. The van der Waals surface area contributed by atoms with Crippen LogP contribution in [0.1, 0.15) is 42.6 Å². The number of carbonyl (C=O) groups is 1. The molecule has 2 aromatic rings. The number of aryl methyl sites for hydroxylation is 2. The zero-order valence-electron chi connectivity index (χ0n) is 16.9. The van der Waals surface area contributed by atoms with E-state index in [2.05, 4.69) is 56.3 Å². The maximum absolute atomic E-state index is 12.5. The van der Waals surface area contributed by atoms with Crippen molar-refractivity contribution in [3.8, 4) is 0 Å². The van der Waals surface area contributed by atoms with E-state index in [0.717, 1.165) is 32.0 Å². The van der Waals surface area contributed by atoms with Crippen LogP contribution in [0.5, 0.6) is 0 Å². The third kappa shape index (κ3) is 4.96. The minimum atomic E-state index is -0.296. The lowest BCUT2D eigenvalue weighted by atomic mass is 10.1.